The summed E-state index contributed by atoms with van der Waals surface area (Å²) in [7, 11) is -14.8. The highest BCUT2D eigenvalue weighted by Gasteiger charge is 2.17. The largest absolute Gasteiger partial charge is 0.748 e. The van der Waals surface area contributed by atoms with Gasteiger partial charge in [0.05, 0.1) is 49.9 Å². The SMILES string of the molecule is Nc1ccc2cc(S(=O)(=O)[O-])cc(O)c2c1N=Nc1ccc(Nc2nc(NCCS(=O)(=O)[O-])nc(N(CCO)CCO)n2)cc1S(=O)(=O)[O-]. The summed E-state index contributed by atoms with van der Waals surface area (Å²) in [5.41, 5.74) is 5.09. The summed E-state index contributed by atoms with van der Waals surface area (Å²) in [6, 6.07) is 7.41. The summed E-state index contributed by atoms with van der Waals surface area (Å²) in [5, 5.41) is 42.2. The zero-order valence-corrected chi connectivity index (χ0v) is 27.2. The van der Waals surface area contributed by atoms with Gasteiger partial charge in [-0.3, -0.25) is 0 Å². The van der Waals surface area contributed by atoms with E-state index in [2.05, 4.69) is 35.8 Å². The highest BCUT2D eigenvalue weighted by Crippen LogP contribution is 2.41. The molecular formula is C25H26N9O12S3-3. The molecule has 0 unspecified atom stereocenters. The van der Waals surface area contributed by atoms with Gasteiger partial charge in [0.15, 0.2) is 0 Å². The number of nitrogens with two attached hydrogens (primary N) is 1. The van der Waals surface area contributed by atoms with Crippen LogP contribution < -0.4 is 21.3 Å². The van der Waals surface area contributed by atoms with Gasteiger partial charge in [0.1, 0.15) is 37.4 Å². The van der Waals surface area contributed by atoms with Crippen LogP contribution in [0.1, 0.15) is 0 Å². The minimum absolute atomic E-state index is 0.0329. The Bertz CT molecular complexity index is 2230. The first-order chi connectivity index (χ1) is 22.9. The topological polar surface area (TPSA) is 349 Å². The number of aromatic nitrogens is 3. The van der Waals surface area contributed by atoms with Crippen LogP contribution in [0.3, 0.4) is 0 Å². The number of benzene rings is 3. The van der Waals surface area contributed by atoms with E-state index in [0.717, 1.165) is 18.2 Å². The van der Waals surface area contributed by atoms with Crippen LogP contribution in [-0.2, 0) is 30.4 Å². The lowest BCUT2D eigenvalue weighted by atomic mass is 10.1. The van der Waals surface area contributed by atoms with Gasteiger partial charge in [-0.15, -0.1) is 10.2 Å². The molecule has 0 spiro atoms. The van der Waals surface area contributed by atoms with Crippen molar-refractivity contribution in [3.05, 3.63) is 42.5 Å². The Kier molecular flexibility index (Phi) is 11.1. The maximum absolute atomic E-state index is 12.3. The molecule has 0 amide bonds. The second-order valence-corrected chi connectivity index (χ2v) is 14.1. The maximum atomic E-state index is 12.3. The van der Waals surface area contributed by atoms with Crippen molar-refractivity contribution in [2.75, 3.05) is 59.9 Å². The number of aliphatic hydroxyl groups is 2. The van der Waals surface area contributed by atoms with E-state index in [1.54, 1.807) is 0 Å². The van der Waals surface area contributed by atoms with Crippen LogP contribution in [0.4, 0.5) is 40.6 Å². The third-order valence-corrected chi connectivity index (χ3v) is 8.77. The Morgan fingerprint density at radius 1 is 0.837 bits per heavy atom. The van der Waals surface area contributed by atoms with Gasteiger partial charge in [0.2, 0.25) is 17.8 Å². The molecule has 0 aliphatic rings. The smallest absolute Gasteiger partial charge is 0.233 e. The average Bonchev–Trinajstić information content (AvgIpc) is 2.99. The summed E-state index contributed by atoms with van der Waals surface area (Å²) in [6.45, 7) is -1.24. The molecule has 21 nitrogen and oxygen atoms in total. The van der Waals surface area contributed by atoms with E-state index in [1.165, 1.54) is 23.1 Å². The number of nitrogen functional groups attached to an aromatic ring is 1. The molecule has 0 fully saturated rings. The molecule has 4 aromatic rings. The number of nitrogens with one attached hydrogen (secondary N) is 2. The number of anilines is 5. The lowest BCUT2D eigenvalue weighted by Crippen LogP contribution is -2.32. The van der Waals surface area contributed by atoms with Gasteiger partial charge in [-0.05, 0) is 41.8 Å². The Balaban J connectivity index is 1.74. The summed E-state index contributed by atoms with van der Waals surface area (Å²) >= 11 is 0. The molecular weight excluding hydrogens is 715 g/mol. The number of phenolic OH excluding ortho intramolecular Hbond substituents is 1. The second-order valence-electron chi connectivity index (χ2n) is 9.87. The first kappa shape index (κ1) is 37.0. The van der Waals surface area contributed by atoms with E-state index in [9.17, 15) is 54.2 Å². The van der Waals surface area contributed by atoms with Crippen molar-refractivity contribution in [1.82, 2.24) is 15.0 Å². The lowest BCUT2D eigenvalue weighted by Gasteiger charge is -2.21. The standard InChI is InChI=1S/C25H29N9O12S3/c26-17-3-1-14-11-16(48(41,42)43)13-19(37)21(14)22(17)33-32-18-4-2-15(12-20(18)49(44,45)46)28-24-29-23(27-5-10-47(38,39)40)30-25(31-24)34(6-8-35)7-9-36/h1-4,11-13,35-37H,5-10,26H2,(H,38,39,40)(H,41,42,43)(H,44,45,46)(H2,27,28,29,30,31)/p-3. The van der Waals surface area contributed by atoms with Crippen LogP contribution in [-0.4, -0.2) is 108 Å². The van der Waals surface area contributed by atoms with E-state index in [4.69, 9.17) is 5.73 Å². The predicted molar refractivity (Wildman–Crippen MR) is 169 cm³/mol. The Hall–Kier alpha value is -4.82. The van der Waals surface area contributed by atoms with Gasteiger partial charge >= 0.3 is 0 Å². The molecule has 0 radical (unpaired) electrons. The quantitative estimate of drug-likeness (QED) is 0.0531. The van der Waals surface area contributed by atoms with Crippen LogP contribution in [0.15, 0.2) is 62.5 Å². The first-order valence-corrected chi connectivity index (χ1v) is 18.0. The van der Waals surface area contributed by atoms with Gasteiger partial charge < -0.3 is 50.2 Å². The van der Waals surface area contributed by atoms with Crippen molar-refractivity contribution in [2.45, 2.75) is 9.79 Å². The van der Waals surface area contributed by atoms with Crippen LogP contribution in [0.5, 0.6) is 5.75 Å². The highest BCUT2D eigenvalue weighted by molar-refractivity contribution is 7.86. The number of hydrogen-bond acceptors (Lipinski definition) is 21. The summed E-state index contributed by atoms with van der Waals surface area (Å²) in [6.07, 6.45) is 0. The third kappa shape index (κ3) is 9.63. The van der Waals surface area contributed by atoms with E-state index >= 15 is 0 Å². The first-order valence-electron chi connectivity index (χ1n) is 13.6. The highest BCUT2D eigenvalue weighted by atomic mass is 32.2. The van der Waals surface area contributed by atoms with Crippen LogP contribution in [0, 0.1) is 0 Å². The van der Waals surface area contributed by atoms with Crippen molar-refractivity contribution in [1.29, 1.82) is 0 Å². The third-order valence-electron chi connectivity index (χ3n) is 6.39. The normalized spacial score (nSPS) is 12.4. The second kappa shape index (κ2) is 14.7. The zero-order valence-electron chi connectivity index (χ0n) is 24.8. The van der Waals surface area contributed by atoms with Crippen molar-refractivity contribution < 1.29 is 54.2 Å². The molecule has 24 heteroatoms. The Morgan fingerprint density at radius 3 is 2.12 bits per heavy atom. The fourth-order valence-electron chi connectivity index (χ4n) is 4.26. The molecule has 7 N–H and O–H groups in total. The van der Waals surface area contributed by atoms with Crippen molar-refractivity contribution in [3.8, 4) is 5.75 Å². The number of rotatable bonds is 15. The summed E-state index contributed by atoms with van der Waals surface area (Å²) < 4.78 is 104. The molecule has 0 aliphatic carbocycles. The van der Waals surface area contributed by atoms with Crippen LogP contribution >= 0.6 is 0 Å². The number of hydrogen-bond donors (Lipinski definition) is 6. The minimum Gasteiger partial charge on any atom is -0.748 e. The lowest BCUT2D eigenvalue weighted by molar-refractivity contribution is 0.280. The Labute approximate surface area is 278 Å². The molecule has 0 saturated heterocycles. The zero-order chi connectivity index (χ0) is 36.1. The maximum Gasteiger partial charge on any atom is 0.233 e. The van der Waals surface area contributed by atoms with E-state index in [1.807, 2.05) is 0 Å². The van der Waals surface area contributed by atoms with Gasteiger partial charge in [-0.1, -0.05) is 6.07 Å². The van der Waals surface area contributed by atoms with Gasteiger partial charge in [0, 0.05) is 25.3 Å². The molecule has 49 heavy (non-hydrogen) atoms. The number of azo groups is 1. The molecule has 0 aliphatic heterocycles. The van der Waals surface area contributed by atoms with E-state index in [0.29, 0.717) is 6.07 Å². The molecule has 264 valence electrons. The number of phenols is 1. The monoisotopic (exact) mass is 740 g/mol. The fraction of sp³-hybridized carbons (Fsp3) is 0.240. The van der Waals surface area contributed by atoms with Crippen molar-refractivity contribution >= 4 is 81.7 Å². The van der Waals surface area contributed by atoms with E-state index in [-0.39, 0.29) is 72.0 Å². The number of fused-ring (bicyclic) bond motifs is 1. The molecule has 1 aromatic heterocycles. The molecule has 1 heterocycles. The molecule has 0 saturated carbocycles. The Morgan fingerprint density at radius 2 is 1.51 bits per heavy atom. The molecule has 0 bridgehead atoms. The number of aliphatic hydroxyl groups excluding tert-OH is 2. The van der Waals surface area contributed by atoms with Gasteiger partial charge in [-0.25, -0.2) is 25.3 Å². The van der Waals surface area contributed by atoms with Crippen LogP contribution in [0.25, 0.3) is 10.8 Å². The van der Waals surface area contributed by atoms with Gasteiger partial charge in [0.25, 0.3) is 0 Å². The van der Waals surface area contributed by atoms with Crippen molar-refractivity contribution in [2.24, 2.45) is 10.2 Å². The molecule has 4 rings (SSSR count). The fourth-order valence-corrected chi connectivity index (χ4v) is 5.77. The van der Waals surface area contributed by atoms with Crippen LogP contribution in [0.2, 0.25) is 0 Å². The van der Waals surface area contributed by atoms with E-state index < -0.39 is 63.9 Å². The minimum atomic E-state index is -5.25. The van der Waals surface area contributed by atoms with Gasteiger partial charge in [-0.2, -0.15) is 15.0 Å². The summed E-state index contributed by atoms with van der Waals surface area (Å²) in [4.78, 5) is 12.0. The average molecular weight is 741 g/mol. The predicted octanol–water partition coefficient (Wildman–Crippen LogP) is 0.0279. The molecule has 0 atom stereocenters. The van der Waals surface area contributed by atoms with Crippen molar-refractivity contribution in [3.63, 3.8) is 0 Å². The molecule has 3 aromatic carbocycles. The summed E-state index contributed by atoms with van der Waals surface area (Å²) in [5.74, 6) is -2.15. The number of aromatic hydroxyl groups is 1. The number of nitrogens with zero attached hydrogens (tertiary/aromatic N) is 6.